The highest BCUT2D eigenvalue weighted by Crippen LogP contribution is 2.31. The van der Waals surface area contributed by atoms with E-state index >= 15 is 0 Å². The predicted molar refractivity (Wildman–Crippen MR) is 108 cm³/mol. The first-order valence-electron chi connectivity index (χ1n) is 9.10. The Hall–Kier alpha value is -3.59. The zero-order valence-electron chi connectivity index (χ0n) is 15.9. The molecule has 1 aromatic heterocycles. The van der Waals surface area contributed by atoms with E-state index in [1.165, 1.54) is 7.11 Å². The molecule has 0 amide bonds. The molecule has 1 atom stereocenters. The van der Waals surface area contributed by atoms with Gasteiger partial charge in [-0.2, -0.15) is 5.26 Å². The second kappa shape index (κ2) is 8.87. The van der Waals surface area contributed by atoms with Gasteiger partial charge in [-0.05, 0) is 42.3 Å². The molecular weight excluding hydrogens is 352 g/mol. The average molecular weight is 374 g/mol. The Balaban J connectivity index is 1.89. The number of phenols is 1. The Bertz CT molecular complexity index is 998. The molecule has 0 radical (unpaired) electrons. The van der Waals surface area contributed by atoms with Crippen molar-refractivity contribution in [2.24, 2.45) is 0 Å². The number of hydrogen-bond acceptors (Lipinski definition) is 6. The summed E-state index contributed by atoms with van der Waals surface area (Å²) in [5, 5.41) is 22.4. The van der Waals surface area contributed by atoms with Crippen molar-refractivity contribution in [2.75, 3.05) is 12.4 Å². The molecule has 1 unspecified atom stereocenters. The van der Waals surface area contributed by atoms with Gasteiger partial charge >= 0.3 is 0 Å². The number of hydrogen-bond donors (Lipinski definition) is 2. The lowest BCUT2D eigenvalue weighted by Gasteiger charge is -2.19. The van der Waals surface area contributed by atoms with Gasteiger partial charge in [-0.3, -0.25) is 4.98 Å². The number of ether oxygens (including phenoxy) is 1. The maximum atomic E-state index is 9.79. The van der Waals surface area contributed by atoms with Crippen LogP contribution in [0, 0.1) is 11.3 Å². The van der Waals surface area contributed by atoms with Crippen LogP contribution in [0.3, 0.4) is 0 Å². The number of aromatic nitrogens is 2. The lowest BCUT2D eigenvalue weighted by Crippen LogP contribution is -2.12. The average Bonchev–Trinajstić information content (AvgIpc) is 2.74. The number of anilines is 1. The van der Waals surface area contributed by atoms with Crippen LogP contribution < -0.4 is 10.1 Å². The highest BCUT2D eigenvalue weighted by atomic mass is 16.5. The summed E-state index contributed by atoms with van der Waals surface area (Å²) in [6, 6.07) is 14.9. The molecule has 142 valence electrons. The molecule has 0 aliphatic heterocycles. The minimum Gasteiger partial charge on any atom is -0.504 e. The van der Waals surface area contributed by atoms with Crippen LogP contribution in [0.25, 0.3) is 11.3 Å². The first kappa shape index (κ1) is 19.2. The molecule has 2 N–H and O–H groups in total. The fraction of sp³-hybridized carbons (Fsp3) is 0.227. The van der Waals surface area contributed by atoms with Gasteiger partial charge in [-0.25, -0.2) is 4.98 Å². The largest absolute Gasteiger partial charge is 0.504 e. The molecule has 6 heteroatoms. The highest BCUT2D eigenvalue weighted by Gasteiger charge is 2.13. The van der Waals surface area contributed by atoms with E-state index in [0.29, 0.717) is 22.8 Å². The Morgan fingerprint density at radius 1 is 1.21 bits per heavy atom. The summed E-state index contributed by atoms with van der Waals surface area (Å²) in [6.07, 6.45) is 5.23. The number of nitrogens with one attached hydrogen (secondary N) is 1. The smallest absolute Gasteiger partial charge is 0.161 e. The Morgan fingerprint density at radius 3 is 2.82 bits per heavy atom. The number of aromatic hydroxyl groups is 1. The van der Waals surface area contributed by atoms with Gasteiger partial charge in [0.25, 0.3) is 0 Å². The molecule has 2 aromatic carbocycles. The lowest BCUT2D eigenvalue weighted by atomic mass is 10.0. The quantitative estimate of drug-likeness (QED) is 0.624. The summed E-state index contributed by atoms with van der Waals surface area (Å²) in [5.74, 6) is 1.11. The van der Waals surface area contributed by atoms with Crippen LogP contribution in [0.15, 0.2) is 54.9 Å². The molecule has 0 aliphatic rings. The third-order valence-corrected chi connectivity index (χ3v) is 4.43. The van der Waals surface area contributed by atoms with Gasteiger partial charge in [0.1, 0.15) is 5.82 Å². The number of nitriles is 1. The predicted octanol–water partition coefficient (Wildman–Crippen LogP) is 4.68. The molecule has 3 aromatic rings. The maximum absolute atomic E-state index is 9.79. The number of methoxy groups -OCH3 is 1. The molecule has 0 aliphatic carbocycles. The monoisotopic (exact) mass is 374 g/mol. The van der Waals surface area contributed by atoms with Crippen LogP contribution in [0.4, 0.5) is 5.82 Å². The fourth-order valence-corrected chi connectivity index (χ4v) is 3.03. The van der Waals surface area contributed by atoms with Crippen molar-refractivity contribution in [2.45, 2.75) is 25.8 Å². The van der Waals surface area contributed by atoms with Crippen LogP contribution in [-0.4, -0.2) is 22.2 Å². The van der Waals surface area contributed by atoms with Gasteiger partial charge in [0.15, 0.2) is 11.5 Å². The zero-order chi connectivity index (χ0) is 19.9. The first-order valence-corrected chi connectivity index (χ1v) is 9.10. The maximum Gasteiger partial charge on any atom is 0.161 e. The van der Waals surface area contributed by atoms with Gasteiger partial charge in [0, 0.05) is 5.56 Å². The zero-order valence-corrected chi connectivity index (χ0v) is 15.9. The molecule has 28 heavy (non-hydrogen) atoms. The SMILES string of the molecule is CCCC(Nc1cncc(-c2ccc(O)c(OC)c2)n1)c1cccc(C#N)c1. The van der Waals surface area contributed by atoms with Gasteiger partial charge in [-0.1, -0.05) is 25.5 Å². The fourth-order valence-electron chi connectivity index (χ4n) is 3.03. The molecule has 0 saturated heterocycles. The van der Waals surface area contributed by atoms with E-state index in [4.69, 9.17) is 10.00 Å². The van der Waals surface area contributed by atoms with E-state index in [1.807, 2.05) is 18.2 Å². The van der Waals surface area contributed by atoms with Crippen LogP contribution in [-0.2, 0) is 0 Å². The van der Waals surface area contributed by atoms with Crippen molar-refractivity contribution in [3.05, 3.63) is 66.0 Å². The van der Waals surface area contributed by atoms with Crippen molar-refractivity contribution in [1.29, 1.82) is 5.26 Å². The number of benzene rings is 2. The Morgan fingerprint density at radius 2 is 2.07 bits per heavy atom. The highest BCUT2D eigenvalue weighted by molar-refractivity contribution is 5.64. The van der Waals surface area contributed by atoms with Crippen LogP contribution in [0.2, 0.25) is 0 Å². The molecule has 0 fully saturated rings. The summed E-state index contributed by atoms with van der Waals surface area (Å²) < 4.78 is 5.17. The molecule has 3 rings (SSSR count). The number of nitrogens with zero attached hydrogens (tertiary/aromatic N) is 3. The van der Waals surface area contributed by atoms with E-state index < -0.39 is 0 Å². The standard InChI is InChI=1S/C22H22N4O2/c1-3-5-18(16-7-4-6-15(10-16)12-23)25-22-14-24-13-19(26-22)17-8-9-20(27)21(11-17)28-2/h4,6-11,13-14,18,27H,3,5H2,1-2H3,(H,25,26). The van der Waals surface area contributed by atoms with Gasteiger partial charge in [-0.15, -0.1) is 0 Å². The van der Waals surface area contributed by atoms with E-state index in [9.17, 15) is 5.11 Å². The van der Waals surface area contributed by atoms with Crippen molar-refractivity contribution < 1.29 is 9.84 Å². The normalized spacial score (nSPS) is 11.5. The minimum absolute atomic E-state index is 0.0252. The van der Waals surface area contributed by atoms with Gasteiger partial charge < -0.3 is 15.2 Å². The van der Waals surface area contributed by atoms with Gasteiger partial charge in [0.05, 0.1) is 42.9 Å². The van der Waals surface area contributed by atoms with E-state index in [2.05, 4.69) is 28.3 Å². The summed E-state index contributed by atoms with van der Waals surface area (Å²) in [4.78, 5) is 8.96. The van der Waals surface area contributed by atoms with Crippen molar-refractivity contribution >= 4 is 5.82 Å². The van der Waals surface area contributed by atoms with Crippen molar-refractivity contribution in [3.8, 4) is 28.8 Å². The summed E-state index contributed by atoms with van der Waals surface area (Å²) >= 11 is 0. The summed E-state index contributed by atoms with van der Waals surface area (Å²) in [6.45, 7) is 2.12. The van der Waals surface area contributed by atoms with Crippen LogP contribution in [0.5, 0.6) is 11.5 Å². The molecule has 0 saturated carbocycles. The minimum atomic E-state index is 0.0252. The van der Waals surface area contributed by atoms with Crippen LogP contribution >= 0.6 is 0 Å². The van der Waals surface area contributed by atoms with E-state index in [-0.39, 0.29) is 11.8 Å². The second-order valence-corrected chi connectivity index (χ2v) is 6.40. The lowest BCUT2D eigenvalue weighted by molar-refractivity contribution is 0.373. The summed E-state index contributed by atoms with van der Waals surface area (Å²) in [5.41, 5.74) is 3.14. The number of phenolic OH excluding ortho intramolecular Hbond substituents is 1. The molecule has 0 bridgehead atoms. The number of rotatable bonds is 7. The van der Waals surface area contributed by atoms with Crippen molar-refractivity contribution in [3.63, 3.8) is 0 Å². The van der Waals surface area contributed by atoms with Crippen molar-refractivity contribution in [1.82, 2.24) is 9.97 Å². The van der Waals surface area contributed by atoms with E-state index in [1.54, 1.807) is 36.7 Å². The second-order valence-electron chi connectivity index (χ2n) is 6.40. The van der Waals surface area contributed by atoms with Gasteiger partial charge in [0.2, 0.25) is 0 Å². The third-order valence-electron chi connectivity index (χ3n) is 4.43. The van der Waals surface area contributed by atoms with Crippen LogP contribution in [0.1, 0.15) is 36.9 Å². The molecule has 0 spiro atoms. The topological polar surface area (TPSA) is 91.1 Å². The molecule has 1 heterocycles. The van der Waals surface area contributed by atoms with E-state index in [0.717, 1.165) is 24.0 Å². The molecule has 6 nitrogen and oxygen atoms in total. The third kappa shape index (κ3) is 4.38. The summed E-state index contributed by atoms with van der Waals surface area (Å²) in [7, 11) is 1.51. The molecular formula is C22H22N4O2. The Kier molecular flexibility index (Phi) is 6.07. The Labute approximate surface area is 164 Å². The first-order chi connectivity index (χ1) is 13.6.